The summed E-state index contributed by atoms with van der Waals surface area (Å²) in [6.07, 6.45) is 3.74. The number of nitrogens with zero attached hydrogens (tertiary/aromatic N) is 2. The summed E-state index contributed by atoms with van der Waals surface area (Å²) in [6, 6.07) is 14.6. The molecular weight excluding hydrogens is 402 g/mol. The highest BCUT2D eigenvalue weighted by Gasteiger charge is 2.16. The number of hydrogen-bond acceptors (Lipinski definition) is 6. The molecule has 30 heavy (non-hydrogen) atoms. The number of nitrogens with two attached hydrogens (primary N) is 1. The molecule has 6 nitrogen and oxygen atoms in total. The van der Waals surface area contributed by atoms with Gasteiger partial charge in [0.1, 0.15) is 11.3 Å². The van der Waals surface area contributed by atoms with Gasteiger partial charge in [-0.25, -0.2) is 4.98 Å². The predicted octanol–water partition coefficient (Wildman–Crippen LogP) is 5.36. The summed E-state index contributed by atoms with van der Waals surface area (Å²) in [5.41, 5.74) is 7.75. The molecule has 2 aromatic carbocycles. The first kappa shape index (κ1) is 18.8. The van der Waals surface area contributed by atoms with Gasteiger partial charge in [0.25, 0.3) is 0 Å². The van der Waals surface area contributed by atoms with E-state index in [0.29, 0.717) is 33.1 Å². The molecule has 1 fully saturated rings. The van der Waals surface area contributed by atoms with E-state index >= 15 is 0 Å². The second-order valence-corrected chi connectivity index (χ2v) is 7.81. The van der Waals surface area contributed by atoms with Crippen LogP contribution >= 0.6 is 11.6 Å². The molecule has 0 amide bonds. The third-order valence-electron chi connectivity index (χ3n) is 5.40. The Hall–Kier alpha value is -3.25. The fraction of sp³-hybridized carbons (Fsp3) is 0.217. The van der Waals surface area contributed by atoms with Gasteiger partial charge in [-0.05, 0) is 55.7 Å². The molecule has 0 atom stereocenters. The van der Waals surface area contributed by atoms with Crippen LogP contribution in [-0.2, 0) is 0 Å². The van der Waals surface area contributed by atoms with Gasteiger partial charge in [0.05, 0.1) is 10.4 Å². The third-order valence-corrected chi connectivity index (χ3v) is 5.72. The van der Waals surface area contributed by atoms with Crippen LogP contribution in [-0.4, -0.2) is 18.1 Å². The largest absolute Gasteiger partial charge is 0.454 e. The van der Waals surface area contributed by atoms with Gasteiger partial charge in [-0.15, -0.1) is 0 Å². The number of rotatable bonds is 3. The molecule has 2 N–H and O–H groups in total. The first-order chi connectivity index (χ1) is 14.6. The van der Waals surface area contributed by atoms with Crippen molar-refractivity contribution >= 4 is 45.2 Å². The monoisotopic (exact) mass is 421 g/mol. The molecule has 1 aliphatic rings. The van der Waals surface area contributed by atoms with E-state index in [2.05, 4.69) is 9.88 Å². The average Bonchev–Trinajstić information content (AvgIpc) is 2.76. The number of piperidine rings is 1. The van der Waals surface area contributed by atoms with E-state index in [1.165, 1.54) is 24.9 Å². The van der Waals surface area contributed by atoms with Gasteiger partial charge < -0.3 is 19.8 Å². The lowest BCUT2D eigenvalue weighted by Gasteiger charge is -2.28. The van der Waals surface area contributed by atoms with E-state index in [9.17, 15) is 4.79 Å². The first-order valence-corrected chi connectivity index (χ1v) is 10.3. The molecule has 2 aromatic heterocycles. The molecule has 4 aromatic rings. The van der Waals surface area contributed by atoms with Crippen molar-refractivity contribution in [3.8, 4) is 11.5 Å². The van der Waals surface area contributed by atoms with E-state index in [0.717, 1.165) is 13.1 Å². The molecule has 5 rings (SSSR count). The first-order valence-electron chi connectivity index (χ1n) is 9.94. The maximum Gasteiger partial charge on any atom is 0.220 e. The Labute approximate surface area is 177 Å². The number of ether oxygens (including phenoxy) is 1. The SMILES string of the molecule is Nc1nc2c(=O)c3c(Cl)cccc3oc2cc1Oc1ccc(N2CCCCC2)cc1. The second kappa shape index (κ2) is 7.54. The zero-order valence-corrected chi connectivity index (χ0v) is 17.0. The van der Waals surface area contributed by atoms with E-state index in [4.69, 9.17) is 26.5 Å². The van der Waals surface area contributed by atoms with E-state index in [1.54, 1.807) is 24.3 Å². The van der Waals surface area contributed by atoms with Crippen LogP contribution in [0.25, 0.3) is 22.1 Å². The molecule has 3 heterocycles. The summed E-state index contributed by atoms with van der Waals surface area (Å²) in [5.74, 6) is 1.08. The molecule has 0 bridgehead atoms. The summed E-state index contributed by atoms with van der Waals surface area (Å²) >= 11 is 6.16. The van der Waals surface area contributed by atoms with E-state index in [-0.39, 0.29) is 16.8 Å². The van der Waals surface area contributed by atoms with Crippen LogP contribution < -0.4 is 20.8 Å². The molecule has 0 saturated carbocycles. The summed E-state index contributed by atoms with van der Waals surface area (Å²) in [6.45, 7) is 2.16. The van der Waals surface area contributed by atoms with Crippen LogP contribution in [0.15, 0.2) is 57.7 Å². The van der Waals surface area contributed by atoms with Crippen LogP contribution in [0.5, 0.6) is 11.5 Å². The van der Waals surface area contributed by atoms with Gasteiger partial charge >= 0.3 is 0 Å². The molecule has 1 saturated heterocycles. The summed E-state index contributed by atoms with van der Waals surface area (Å²) < 4.78 is 11.8. The molecule has 0 radical (unpaired) electrons. The van der Waals surface area contributed by atoms with Crippen molar-refractivity contribution < 1.29 is 9.15 Å². The summed E-state index contributed by atoms with van der Waals surface area (Å²) in [5, 5.41) is 0.609. The molecule has 0 aliphatic carbocycles. The van der Waals surface area contributed by atoms with Crippen LogP contribution in [0.2, 0.25) is 5.02 Å². The van der Waals surface area contributed by atoms with Crippen molar-refractivity contribution in [2.75, 3.05) is 23.7 Å². The van der Waals surface area contributed by atoms with Crippen molar-refractivity contribution in [3.05, 3.63) is 63.8 Å². The lowest BCUT2D eigenvalue weighted by molar-refractivity contribution is 0.482. The zero-order valence-electron chi connectivity index (χ0n) is 16.2. The van der Waals surface area contributed by atoms with Gasteiger partial charge in [-0.2, -0.15) is 0 Å². The van der Waals surface area contributed by atoms with Crippen LogP contribution in [0, 0.1) is 0 Å². The summed E-state index contributed by atoms with van der Waals surface area (Å²) in [4.78, 5) is 19.4. The maximum atomic E-state index is 12.8. The average molecular weight is 422 g/mol. The Morgan fingerprint density at radius 2 is 1.80 bits per heavy atom. The molecule has 7 heteroatoms. The highest BCUT2D eigenvalue weighted by atomic mass is 35.5. The molecule has 152 valence electrons. The normalized spacial score (nSPS) is 14.4. The van der Waals surface area contributed by atoms with Crippen LogP contribution in [0.3, 0.4) is 0 Å². The topological polar surface area (TPSA) is 81.6 Å². The van der Waals surface area contributed by atoms with Gasteiger partial charge in [-0.1, -0.05) is 17.7 Å². The minimum atomic E-state index is -0.319. The molecule has 0 spiro atoms. The fourth-order valence-electron chi connectivity index (χ4n) is 3.86. The van der Waals surface area contributed by atoms with Gasteiger partial charge in [0.15, 0.2) is 22.7 Å². The number of nitrogen functional groups attached to an aromatic ring is 1. The summed E-state index contributed by atoms with van der Waals surface area (Å²) in [7, 11) is 0. The van der Waals surface area contributed by atoms with Crippen molar-refractivity contribution in [3.63, 3.8) is 0 Å². The number of aromatic nitrogens is 1. The third kappa shape index (κ3) is 3.33. The fourth-order valence-corrected chi connectivity index (χ4v) is 4.12. The lowest BCUT2D eigenvalue weighted by Crippen LogP contribution is -2.29. The number of fused-ring (bicyclic) bond motifs is 2. The zero-order chi connectivity index (χ0) is 20.7. The second-order valence-electron chi connectivity index (χ2n) is 7.41. The number of anilines is 2. The quantitative estimate of drug-likeness (QED) is 0.448. The van der Waals surface area contributed by atoms with Crippen molar-refractivity contribution in [1.82, 2.24) is 4.98 Å². The number of hydrogen-bond donors (Lipinski definition) is 1. The van der Waals surface area contributed by atoms with E-state index in [1.807, 2.05) is 24.3 Å². The number of benzene rings is 2. The van der Waals surface area contributed by atoms with Crippen LogP contribution in [0.4, 0.5) is 11.5 Å². The van der Waals surface area contributed by atoms with Crippen molar-refractivity contribution in [2.45, 2.75) is 19.3 Å². The molecular formula is C23H20ClN3O3. The minimum Gasteiger partial charge on any atom is -0.454 e. The Balaban J connectivity index is 1.49. The van der Waals surface area contributed by atoms with Gasteiger partial charge in [-0.3, -0.25) is 4.79 Å². The lowest BCUT2D eigenvalue weighted by atomic mass is 10.1. The maximum absolute atomic E-state index is 12.8. The van der Waals surface area contributed by atoms with Gasteiger partial charge in [0, 0.05) is 24.8 Å². The molecule has 1 aliphatic heterocycles. The molecule has 0 unspecified atom stereocenters. The Bertz CT molecular complexity index is 1300. The predicted molar refractivity (Wildman–Crippen MR) is 120 cm³/mol. The number of halogens is 1. The van der Waals surface area contributed by atoms with Gasteiger partial charge in [0.2, 0.25) is 5.43 Å². The highest BCUT2D eigenvalue weighted by molar-refractivity contribution is 6.35. The number of pyridine rings is 1. The van der Waals surface area contributed by atoms with Crippen LogP contribution in [0.1, 0.15) is 19.3 Å². The highest BCUT2D eigenvalue weighted by Crippen LogP contribution is 2.32. The van der Waals surface area contributed by atoms with Crippen molar-refractivity contribution in [2.24, 2.45) is 0 Å². The Morgan fingerprint density at radius 3 is 2.57 bits per heavy atom. The Morgan fingerprint density at radius 1 is 1.03 bits per heavy atom. The van der Waals surface area contributed by atoms with E-state index < -0.39 is 0 Å². The standard InChI is InChI=1S/C23H20ClN3O3/c24-16-5-4-6-17-20(16)22(28)21-18(30-17)13-19(23(25)26-21)29-15-9-7-14(8-10-15)27-11-2-1-3-12-27/h4-10,13H,1-3,11-12H2,(H2,25,26). The Kier molecular flexibility index (Phi) is 4.71. The minimum absolute atomic E-state index is 0.112. The van der Waals surface area contributed by atoms with Crippen molar-refractivity contribution in [1.29, 1.82) is 0 Å². The smallest absolute Gasteiger partial charge is 0.220 e.